The van der Waals surface area contributed by atoms with Crippen LogP contribution < -0.4 is 15.4 Å². The summed E-state index contributed by atoms with van der Waals surface area (Å²) >= 11 is 0. The number of amides is 3. The van der Waals surface area contributed by atoms with Crippen LogP contribution in [0, 0.1) is 0 Å². The van der Waals surface area contributed by atoms with Gasteiger partial charge in [-0.25, -0.2) is 9.78 Å². The largest absolute Gasteiger partial charge is 0.489 e. The van der Waals surface area contributed by atoms with Gasteiger partial charge in [-0.05, 0) is 40.3 Å². The minimum Gasteiger partial charge on any atom is -0.489 e. The summed E-state index contributed by atoms with van der Waals surface area (Å²) in [4.78, 5) is 49.0. The highest BCUT2D eigenvalue weighted by molar-refractivity contribution is 5.89. The number of imidazole rings is 1. The van der Waals surface area contributed by atoms with Crippen LogP contribution in [0.15, 0.2) is 128 Å². The minimum absolute atomic E-state index is 0.0437. The first kappa shape index (κ1) is 34.4. The number of H-pyrrole nitrogens is 1. The van der Waals surface area contributed by atoms with E-state index >= 15 is 0 Å². The third kappa shape index (κ3) is 11.1. The molecular weight excluding hydrogens is 618 g/mol. The van der Waals surface area contributed by atoms with Crippen molar-refractivity contribution < 1.29 is 23.9 Å². The molecule has 252 valence electrons. The fourth-order valence-electron chi connectivity index (χ4n) is 5.20. The van der Waals surface area contributed by atoms with Gasteiger partial charge in [0.25, 0.3) is 0 Å². The van der Waals surface area contributed by atoms with Crippen molar-refractivity contribution in [3.63, 3.8) is 0 Å². The third-order valence-electron chi connectivity index (χ3n) is 7.95. The number of hydrogen-bond acceptors (Lipinski definition) is 6. The van der Waals surface area contributed by atoms with Gasteiger partial charge in [0.15, 0.2) is 0 Å². The van der Waals surface area contributed by atoms with Gasteiger partial charge in [0, 0.05) is 31.4 Å². The number of alkyl carbamates (subject to hydrolysis) is 1. The van der Waals surface area contributed by atoms with Crippen molar-refractivity contribution in [3.8, 4) is 5.75 Å². The number of aromatic amines is 1. The number of aromatic nitrogens is 2. The minimum atomic E-state index is -1.03. The van der Waals surface area contributed by atoms with Gasteiger partial charge in [0.2, 0.25) is 11.8 Å². The van der Waals surface area contributed by atoms with E-state index in [0.29, 0.717) is 24.6 Å². The van der Waals surface area contributed by atoms with Crippen molar-refractivity contribution >= 4 is 17.9 Å². The molecule has 1 heterocycles. The molecule has 2 atom stereocenters. The Bertz CT molecular complexity index is 1730. The molecule has 0 fully saturated rings. The summed E-state index contributed by atoms with van der Waals surface area (Å²) in [6.45, 7) is 2.81. The molecule has 5 rings (SSSR count). The normalized spacial score (nSPS) is 11.9. The highest BCUT2D eigenvalue weighted by Gasteiger charge is 2.29. The SMILES string of the molecule is C[C@@H](CNC(=O)CN(Cc1ccc(OCc2ccccc2)cc1)C(=O)[C@H](Cc1cnc[nH]1)NC(=O)OCc1ccccc1)c1ccccc1. The smallest absolute Gasteiger partial charge is 0.408 e. The number of hydrogen-bond donors (Lipinski definition) is 3. The molecule has 0 aliphatic heterocycles. The molecule has 10 heteroatoms. The van der Waals surface area contributed by atoms with Crippen molar-refractivity contribution in [1.29, 1.82) is 0 Å². The number of nitrogens with zero attached hydrogens (tertiary/aromatic N) is 2. The zero-order valence-corrected chi connectivity index (χ0v) is 27.5. The third-order valence-corrected chi connectivity index (χ3v) is 7.95. The Kier molecular flexibility index (Phi) is 12.6. The van der Waals surface area contributed by atoms with Gasteiger partial charge in [-0.1, -0.05) is 110 Å². The van der Waals surface area contributed by atoms with Crippen LogP contribution in [0.1, 0.15) is 40.8 Å². The molecular formula is C39H41N5O5. The first-order valence-corrected chi connectivity index (χ1v) is 16.2. The highest BCUT2D eigenvalue weighted by atomic mass is 16.5. The Balaban J connectivity index is 1.29. The highest BCUT2D eigenvalue weighted by Crippen LogP contribution is 2.17. The lowest BCUT2D eigenvalue weighted by molar-refractivity contribution is -0.138. The summed E-state index contributed by atoms with van der Waals surface area (Å²) in [6, 6.07) is 35.4. The quantitative estimate of drug-likeness (QED) is 0.123. The molecule has 0 spiro atoms. The van der Waals surface area contributed by atoms with Gasteiger partial charge in [0.1, 0.15) is 25.0 Å². The predicted octanol–water partition coefficient (Wildman–Crippen LogP) is 5.77. The van der Waals surface area contributed by atoms with E-state index in [1.165, 1.54) is 11.2 Å². The van der Waals surface area contributed by atoms with Gasteiger partial charge in [0.05, 0.1) is 12.9 Å². The van der Waals surface area contributed by atoms with E-state index in [2.05, 4.69) is 20.6 Å². The van der Waals surface area contributed by atoms with E-state index in [0.717, 1.165) is 22.3 Å². The molecule has 0 saturated carbocycles. The molecule has 3 amide bonds. The summed E-state index contributed by atoms with van der Waals surface area (Å²) in [6.07, 6.45) is 2.47. The van der Waals surface area contributed by atoms with E-state index in [4.69, 9.17) is 9.47 Å². The summed E-state index contributed by atoms with van der Waals surface area (Å²) in [7, 11) is 0. The molecule has 0 saturated heterocycles. The fourth-order valence-corrected chi connectivity index (χ4v) is 5.20. The molecule has 4 aromatic carbocycles. The van der Waals surface area contributed by atoms with E-state index < -0.39 is 18.0 Å². The fraction of sp³-hybridized carbons (Fsp3) is 0.231. The van der Waals surface area contributed by atoms with Crippen LogP contribution in [0.5, 0.6) is 5.75 Å². The second-order valence-electron chi connectivity index (χ2n) is 11.8. The Labute approximate surface area is 286 Å². The maximum atomic E-state index is 14.2. The van der Waals surface area contributed by atoms with Crippen LogP contribution in [0.25, 0.3) is 0 Å². The molecule has 0 unspecified atom stereocenters. The van der Waals surface area contributed by atoms with Crippen LogP contribution in [0.2, 0.25) is 0 Å². The zero-order chi connectivity index (χ0) is 34.3. The Morgan fingerprint density at radius 1 is 0.796 bits per heavy atom. The summed E-state index contributed by atoms with van der Waals surface area (Å²) in [5.41, 5.74) is 4.39. The predicted molar refractivity (Wildman–Crippen MR) is 186 cm³/mol. The Morgan fingerprint density at radius 2 is 1.43 bits per heavy atom. The van der Waals surface area contributed by atoms with Gasteiger partial charge in [-0.3, -0.25) is 9.59 Å². The van der Waals surface area contributed by atoms with E-state index in [1.54, 1.807) is 6.20 Å². The molecule has 0 aliphatic rings. The number of ether oxygens (including phenoxy) is 2. The monoisotopic (exact) mass is 659 g/mol. The lowest BCUT2D eigenvalue weighted by Crippen LogP contribution is -2.52. The van der Waals surface area contributed by atoms with Crippen molar-refractivity contribution in [3.05, 3.63) is 156 Å². The van der Waals surface area contributed by atoms with Crippen LogP contribution in [0.3, 0.4) is 0 Å². The topological polar surface area (TPSA) is 126 Å². The average Bonchev–Trinajstić information content (AvgIpc) is 3.66. The summed E-state index contributed by atoms with van der Waals surface area (Å²) < 4.78 is 11.4. The first-order chi connectivity index (χ1) is 23.9. The molecule has 49 heavy (non-hydrogen) atoms. The number of nitrogens with one attached hydrogen (secondary N) is 3. The standard InChI is InChI=1S/C39H41N5O5/c1-29(33-15-9-4-10-16-33)22-41-37(45)25-44(24-30-17-19-35(20-18-30)48-26-31-11-5-2-6-12-31)38(46)36(21-34-23-40-28-42-34)43-39(47)49-27-32-13-7-3-8-14-32/h2-20,23,28-29,36H,21-22,24-27H2,1H3,(H,40,42)(H,41,45)(H,43,47)/t29-,36-/m0/s1. The molecule has 0 radical (unpaired) electrons. The van der Waals surface area contributed by atoms with Crippen molar-refractivity contribution in [2.24, 2.45) is 0 Å². The number of carbonyl (C=O) groups excluding carboxylic acids is 3. The van der Waals surface area contributed by atoms with Crippen molar-refractivity contribution in [1.82, 2.24) is 25.5 Å². The van der Waals surface area contributed by atoms with Gasteiger partial charge < -0.3 is 30.0 Å². The second-order valence-corrected chi connectivity index (χ2v) is 11.8. The van der Waals surface area contributed by atoms with Crippen LogP contribution in [-0.2, 0) is 40.5 Å². The van der Waals surface area contributed by atoms with E-state index in [9.17, 15) is 14.4 Å². The Morgan fingerprint density at radius 3 is 2.06 bits per heavy atom. The molecule has 0 aliphatic carbocycles. The van der Waals surface area contributed by atoms with Gasteiger partial charge >= 0.3 is 6.09 Å². The first-order valence-electron chi connectivity index (χ1n) is 16.2. The maximum Gasteiger partial charge on any atom is 0.408 e. The van der Waals surface area contributed by atoms with E-state index in [-0.39, 0.29) is 37.9 Å². The summed E-state index contributed by atoms with van der Waals surface area (Å²) in [5, 5.41) is 5.70. The second kappa shape index (κ2) is 17.9. The number of carbonyl (C=O) groups is 3. The molecule has 0 bridgehead atoms. The van der Waals surface area contributed by atoms with Gasteiger partial charge in [-0.2, -0.15) is 0 Å². The van der Waals surface area contributed by atoms with Crippen LogP contribution in [0.4, 0.5) is 4.79 Å². The Hall–Kier alpha value is -5.90. The zero-order valence-electron chi connectivity index (χ0n) is 27.5. The lowest BCUT2D eigenvalue weighted by atomic mass is 10.0. The van der Waals surface area contributed by atoms with Crippen molar-refractivity contribution in [2.75, 3.05) is 13.1 Å². The molecule has 10 nitrogen and oxygen atoms in total. The van der Waals surface area contributed by atoms with E-state index in [1.807, 2.05) is 122 Å². The molecule has 1 aromatic heterocycles. The van der Waals surface area contributed by atoms with Crippen LogP contribution >= 0.6 is 0 Å². The number of rotatable bonds is 16. The van der Waals surface area contributed by atoms with Crippen LogP contribution in [-0.4, -0.2) is 51.9 Å². The van der Waals surface area contributed by atoms with Crippen molar-refractivity contribution in [2.45, 2.75) is 45.1 Å². The summed E-state index contributed by atoms with van der Waals surface area (Å²) in [5.74, 6) is -0.00204. The average molecular weight is 660 g/mol. The lowest BCUT2D eigenvalue weighted by Gasteiger charge is -2.28. The maximum absolute atomic E-state index is 14.2. The van der Waals surface area contributed by atoms with Gasteiger partial charge in [-0.15, -0.1) is 0 Å². The molecule has 5 aromatic rings. The molecule has 3 N–H and O–H groups in total. The number of benzene rings is 4.